The smallest absolute Gasteiger partial charge is 0.203 e. The predicted molar refractivity (Wildman–Crippen MR) is 70.9 cm³/mol. The van der Waals surface area contributed by atoms with E-state index < -0.39 is 0 Å². The molecule has 0 saturated carbocycles. The molecule has 0 atom stereocenters. The molecular weight excluding hydrogens is 245 g/mol. The van der Waals surface area contributed by atoms with E-state index in [4.69, 9.17) is 0 Å². The van der Waals surface area contributed by atoms with Crippen molar-refractivity contribution >= 4 is 12.2 Å². The van der Waals surface area contributed by atoms with Crippen molar-refractivity contribution in [3.8, 4) is 11.3 Å². The van der Waals surface area contributed by atoms with Crippen molar-refractivity contribution in [3.63, 3.8) is 0 Å². The summed E-state index contributed by atoms with van der Waals surface area (Å²) in [6.45, 7) is 3.34. The van der Waals surface area contributed by atoms with Crippen LogP contribution in [0, 0.1) is 12.7 Å². The Morgan fingerprint density at radius 1 is 1.47 bits per heavy atom. The molecule has 5 heteroatoms. The van der Waals surface area contributed by atoms with Crippen molar-refractivity contribution in [1.82, 2.24) is 9.55 Å². The first-order valence-electron chi connectivity index (χ1n) is 6.27. The average molecular weight is 259 g/mol. The Bertz CT molecular complexity index is 648. The lowest BCUT2D eigenvalue weighted by Crippen LogP contribution is -2.18. The van der Waals surface area contributed by atoms with Crippen LogP contribution >= 0.6 is 0 Å². The van der Waals surface area contributed by atoms with Crippen molar-refractivity contribution in [2.24, 2.45) is 0 Å². The van der Waals surface area contributed by atoms with Gasteiger partial charge in [-0.25, -0.2) is 9.37 Å². The van der Waals surface area contributed by atoms with E-state index >= 15 is 0 Å². The third-order valence-electron chi connectivity index (χ3n) is 3.39. The lowest BCUT2D eigenvalue weighted by atomic mass is 10.1. The number of nitrogens with one attached hydrogen (secondary N) is 1. The van der Waals surface area contributed by atoms with Crippen LogP contribution in [0.1, 0.15) is 22.5 Å². The van der Waals surface area contributed by atoms with Gasteiger partial charge in [-0.3, -0.25) is 4.79 Å². The van der Waals surface area contributed by atoms with E-state index in [0.29, 0.717) is 22.9 Å². The molecule has 1 aromatic heterocycles. The number of aryl methyl sites for hydroxylation is 1. The fraction of sp³-hybridized carbons (Fsp3) is 0.286. The number of aromatic nitrogens is 2. The fourth-order valence-electron chi connectivity index (χ4n) is 2.39. The molecule has 2 heterocycles. The molecule has 0 unspecified atom stereocenters. The Morgan fingerprint density at radius 3 is 3.05 bits per heavy atom. The number of carbonyl (C=O) groups is 1. The van der Waals surface area contributed by atoms with Gasteiger partial charge < -0.3 is 9.88 Å². The van der Waals surface area contributed by atoms with Crippen LogP contribution in [0.4, 0.5) is 10.3 Å². The summed E-state index contributed by atoms with van der Waals surface area (Å²) in [5, 5.41) is 3.17. The van der Waals surface area contributed by atoms with Crippen LogP contribution in [0.2, 0.25) is 0 Å². The first-order chi connectivity index (χ1) is 9.20. The van der Waals surface area contributed by atoms with Gasteiger partial charge in [-0.15, -0.1) is 0 Å². The normalized spacial score (nSPS) is 13.8. The second-order valence-electron chi connectivity index (χ2n) is 4.68. The number of imidazole rings is 1. The molecule has 0 fully saturated rings. The monoisotopic (exact) mass is 259 g/mol. The summed E-state index contributed by atoms with van der Waals surface area (Å²) in [5.41, 5.74) is 2.48. The Morgan fingerprint density at radius 2 is 2.32 bits per heavy atom. The summed E-state index contributed by atoms with van der Waals surface area (Å²) in [6, 6.07) is 4.78. The van der Waals surface area contributed by atoms with Gasteiger partial charge in [0.25, 0.3) is 0 Å². The molecular formula is C14H14FN3O. The van der Waals surface area contributed by atoms with Gasteiger partial charge >= 0.3 is 0 Å². The summed E-state index contributed by atoms with van der Waals surface area (Å²) in [5.74, 6) is 0.462. The second kappa shape index (κ2) is 4.50. The molecule has 2 aromatic rings. The molecule has 0 aliphatic carbocycles. The zero-order valence-electron chi connectivity index (χ0n) is 10.6. The van der Waals surface area contributed by atoms with Crippen molar-refractivity contribution in [2.75, 3.05) is 11.9 Å². The minimum absolute atomic E-state index is 0.251. The Labute approximate surface area is 110 Å². The summed E-state index contributed by atoms with van der Waals surface area (Å²) >= 11 is 0. The Balaban J connectivity index is 2.16. The first kappa shape index (κ1) is 11.9. The van der Waals surface area contributed by atoms with E-state index in [1.807, 2.05) is 4.57 Å². The van der Waals surface area contributed by atoms with Crippen LogP contribution in [-0.4, -0.2) is 22.4 Å². The first-order valence-corrected chi connectivity index (χ1v) is 6.27. The van der Waals surface area contributed by atoms with Crippen LogP contribution in [0.25, 0.3) is 11.3 Å². The topological polar surface area (TPSA) is 46.9 Å². The zero-order valence-corrected chi connectivity index (χ0v) is 10.6. The maximum Gasteiger partial charge on any atom is 0.203 e. The number of aldehydes is 1. The predicted octanol–water partition coefficient (Wildman–Crippen LogP) is 2.63. The maximum absolute atomic E-state index is 13.3. The van der Waals surface area contributed by atoms with Crippen LogP contribution in [-0.2, 0) is 6.54 Å². The van der Waals surface area contributed by atoms with Gasteiger partial charge in [0, 0.05) is 18.7 Å². The molecule has 0 amide bonds. The third kappa shape index (κ3) is 1.91. The summed E-state index contributed by atoms with van der Waals surface area (Å²) in [6.07, 6.45) is 1.78. The highest BCUT2D eigenvalue weighted by molar-refractivity contribution is 5.85. The molecule has 19 heavy (non-hydrogen) atoms. The van der Waals surface area contributed by atoms with E-state index in [2.05, 4.69) is 10.3 Å². The van der Waals surface area contributed by atoms with E-state index in [1.54, 1.807) is 19.1 Å². The SMILES string of the molecule is Cc1cc(-c2nc3n(c2C=O)CCCN3)ccc1F. The molecule has 0 radical (unpaired) electrons. The fourth-order valence-corrected chi connectivity index (χ4v) is 2.39. The average Bonchev–Trinajstić information content (AvgIpc) is 2.80. The standard InChI is InChI=1S/C14H14FN3O/c1-9-7-10(3-4-11(9)15)13-12(8-19)18-6-2-5-16-14(18)17-13/h3-4,7-8H,2,5-6H2,1H3,(H,16,17). The third-order valence-corrected chi connectivity index (χ3v) is 3.39. The summed E-state index contributed by atoms with van der Waals surface area (Å²) < 4.78 is 15.2. The number of nitrogens with zero attached hydrogens (tertiary/aromatic N) is 2. The molecule has 4 nitrogen and oxygen atoms in total. The Kier molecular flexibility index (Phi) is 2.81. The van der Waals surface area contributed by atoms with Crippen LogP contribution in [0.3, 0.4) is 0 Å². The highest BCUT2D eigenvalue weighted by Crippen LogP contribution is 2.28. The van der Waals surface area contributed by atoms with Gasteiger partial charge in [0.05, 0.1) is 0 Å². The zero-order chi connectivity index (χ0) is 13.4. The number of fused-ring (bicyclic) bond motifs is 1. The summed E-state index contributed by atoms with van der Waals surface area (Å²) in [7, 11) is 0. The molecule has 1 aromatic carbocycles. The highest BCUT2D eigenvalue weighted by Gasteiger charge is 2.20. The van der Waals surface area contributed by atoms with Gasteiger partial charge in [-0.05, 0) is 37.1 Å². The summed E-state index contributed by atoms with van der Waals surface area (Å²) in [4.78, 5) is 15.8. The minimum atomic E-state index is -0.251. The van der Waals surface area contributed by atoms with Gasteiger partial charge in [0.1, 0.15) is 17.2 Å². The quantitative estimate of drug-likeness (QED) is 0.843. The number of hydrogen-bond acceptors (Lipinski definition) is 3. The number of carbonyl (C=O) groups excluding carboxylic acids is 1. The second-order valence-corrected chi connectivity index (χ2v) is 4.68. The molecule has 0 bridgehead atoms. The van der Waals surface area contributed by atoms with Crippen molar-refractivity contribution in [1.29, 1.82) is 0 Å². The van der Waals surface area contributed by atoms with E-state index in [9.17, 15) is 9.18 Å². The molecule has 98 valence electrons. The van der Waals surface area contributed by atoms with Gasteiger partial charge in [-0.2, -0.15) is 0 Å². The van der Waals surface area contributed by atoms with Crippen molar-refractivity contribution in [3.05, 3.63) is 35.3 Å². The van der Waals surface area contributed by atoms with Gasteiger partial charge in [-0.1, -0.05) is 0 Å². The molecule has 0 spiro atoms. The minimum Gasteiger partial charge on any atom is -0.356 e. The largest absolute Gasteiger partial charge is 0.356 e. The van der Waals surface area contributed by atoms with Gasteiger partial charge in [0.15, 0.2) is 6.29 Å². The van der Waals surface area contributed by atoms with Crippen molar-refractivity contribution in [2.45, 2.75) is 19.9 Å². The molecule has 1 aliphatic rings. The molecule has 1 N–H and O–H groups in total. The highest BCUT2D eigenvalue weighted by atomic mass is 19.1. The lowest BCUT2D eigenvalue weighted by Gasteiger charge is -2.15. The van der Waals surface area contributed by atoms with Gasteiger partial charge in [0.2, 0.25) is 5.95 Å². The van der Waals surface area contributed by atoms with Crippen LogP contribution < -0.4 is 5.32 Å². The maximum atomic E-state index is 13.3. The van der Waals surface area contributed by atoms with E-state index in [0.717, 1.165) is 31.4 Å². The van der Waals surface area contributed by atoms with E-state index in [-0.39, 0.29) is 5.82 Å². The Hall–Kier alpha value is -2.17. The number of benzene rings is 1. The molecule has 1 aliphatic heterocycles. The number of rotatable bonds is 2. The van der Waals surface area contributed by atoms with Crippen LogP contribution in [0.5, 0.6) is 0 Å². The van der Waals surface area contributed by atoms with Crippen LogP contribution in [0.15, 0.2) is 18.2 Å². The number of anilines is 1. The number of hydrogen-bond donors (Lipinski definition) is 1. The molecule has 0 saturated heterocycles. The molecule has 3 rings (SSSR count). The van der Waals surface area contributed by atoms with E-state index in [1.165, 1.54) is 6.07 Å². The number of halogens is 1. The lowest BCUT2D eigenvalue weighted by molar-refractivity contribution is 0.111. The van der Waals surface area contributed by atoms with Crippen molar-refractivity contribution < 1.29 is 9.18 Å².